The summed E-state index contributed by atoms with van der Waals surface area (Å²) in [6, 6.07) is 7.52. The van der Waals surface area contributed by atoms with Gasteiger partial charge in [-0.15, -0.1) is 0 Å². The quantitative estimate of drug-likeness (QED) is 0.797. The van der Waals surface area contributed by atoms with Crippen LogP contribution in [-0.4, -0.2) is 6.54 Å². The lowest BCUT2D eigenvalue weighted by atomic mass is 9.84. The van der Waals surface area contributed by atoms with E-state index in [2.05, 4.69) is 37.4 Å². The fraction of sp³-hybridized carbons (Fsp3) is 0.600. The zero-order valence-corrected chi connectivity index (χ0v) is 10.3. The summed E-state index contributed by atoms with van der Waals surface area (Å²) < 4.78 is 0. The number of hydrogen-bond acceptors (Lipinski definition) is 1. The van der Waals surface area contributed by atoms with Crippen molar-refractivity contribution in [2.75, 3.05) is 6.54 Å². The monoisotopic (exact) mass is 215 g/mol. The van der Waals surface area contributed by atoms with E-state index in [4.69, 9.17) is 0 Å². The van der Waals surface area contributed by atoms with Crippen molar-refractivity contribution in [3.8, 4) is 0 Å². The van der Waals surface area contributed by atoms with Gasteiger partial charge in [-0.3, -0.25) is 0 Å². The Morgan fingerprint density at radius 2 is 2.25 bits per heavy atom. The van der Waals surface area contributed by atoms with E-state index in [1.165, 1.54) is 25.8 Å². The van der Waals surface area contributed by atoms with Gasteiger partial charge in [-0.2, -0.15) is 0 Å². The first-order chi connectivity index (χ1) is 7.75. The van der Waals surface area contributed by atoms with Crippen LogP contribution in [0.2, 0.25) is 0 Å². The van der Waals surface area contributed by atoms with Gasteiger partial charge in [0.1, 0.15) is 0 Å². The van der Waals surface area contributed by atoms with Gasteiger partial charge in [0.25, 0.3) is 0 Å². The number of aryl methyl sites for hydroxylation is 1. The summed E-state index contributed by atoms with van der Waals surface area (Å²) in [6.07, 6.45) is 3.92. The predicted molar refractivity (Wildman–Crippen MR) is 67.7 cm³/mol. The molecule has 1 heteroatoms. The Balaban J connectivity index is 1.99. The van der Waals surface area contributed by atoms with Gasteiger partial charge in [0.15, 0.2) is 0 Å². The molecule has 2 aliphatic rings. The average molecular weight is 215 g/mol. The third-order valence-electron chi connectivity index (χ3n) is 4.09. The zero-order valence-electron chi connectivity index (χ0n) is 10.3. The largest absolute Gasteiger partial charge is 0.309 e. The highest BCUT2D eigenvalue weighted by Crippen LogP contribution is 2.42. The Morgan fingerprint density at radius 3 is 3.06 bits per heavy atom. The van der Waals surface area contributed by atoms with Crippen LogP contribution in [0.5, 0.6) is 0 Å². The van der Waals surface area contributed by atoms with E-state index >= 15 is 0 Å². The van der Waals surface area contributed by atoms with E-state index in [1.54, 1.807) is 16.7 Å². The van der Waals surface area contributed by atoms with Crippen LogP contribution in [0.25, 0.3) is 0 Å². The molecule has 1 aromatic rings. The van der Waals surface area contributed by atoms with Crippen molar-refractivity contribution in [1.82, 2.24) is 5.32 Å². The Kier molecular flexibility index (Phi) is 2.51. The average Bonchev–Trinajstić information content (AvgIpc) is 2.67. The van der Waals surface area contributed by atoms with E-state index in [0.717, 1.165) is 11.8 Å². The molecule has 0 saturated heterocycles. The van der Waals surface area contributed by atoms with E-state index in [0.29, 0.717) is 6.04 Å². The maximum absolute atomic E-state index is 3.74. The van der Waals surface area contributed by atoms with Crippen molar-refractivity contribution in [2.24, 2.45) is 5.92 Å². The fourth-order valence-corrected chi connectivity index (χ4v) is 3.41. The highest BCUT2D eigenvalue weighted by atomic mass is 14.9. The summed E-state index contributed by atoms with van der Waals surface area (Å²) in [7, 11) is 0. The number of nitrogens with one attached hydrogen (secondary N) is 1. The van der Waals surface area contributed by atoms with Crippen LogP contribution in [-0.2, 0) is 6.42 Å². The third kappa shape index (κ3) is 1.58. The molecule has 2 atom stereocenters. The summed E-state index contributed by atoms with van der Waals surface area (Å²) >= 11 is 0. The molecule has 0 bridgehead atoms. The lowest BCUT2D eigenvalue weighted by Crippen LogP contribution is -2.32. The van der Waals surface area contributed by atoms with Crippen LogP contribution in [0.15, 0.2) is 18.2 Å². The van der Waals surface area contributed by atoms with Crippen molar-refractivity contribution in [1.29, 1.82) is 0 Å². The van der Waals surface area contributed by atoms with Crippen molar-refractivity contribution in [2.45, 2.75) is 45.1 Å². The molecule has 16 heavy (non-hydrogen) atoms. The molecule has 1 aliphatic carbocycles. The normalized spacial score (nSPS) is 27.2. The number of hydrogen-bond donors (Lipinski definition) is 1. The smallest absolute Gasteiger partial charge is 0.0325 e. The minimum Gasteiger partial charge on any atom is -0.309 e. The second-order valence-electron chi connectivity index (χ2n) is 5.75. The van der Waals surface area contributed by atoms with Gasteiger partial charge in [0.2, 0.25) is 0 Å². The van der Waals surface area contributed by atoms with E-state index in [9.17, 15) is 0 Å². The fourth-order valence-electron chi connectivity index (χ4n) is 3.41. The molecular formula is C15H21N. The summed E-state index contributed by atoms with van der Waals surface area (Å²) in [4.78, 5) is 0. The molecule has 2 unspecified atom stereocenters. The molecule has 1 nitrogen and oxygen atoms in total. The lowest BCUT2D eigenvalue weighted by molar-refractivity contribution is 0.391. The Labute approximate surface area is 98.3 Å². The van der Waals surface area contributed by atoms with Gasteiger partial charge in [0, 0.05) is 12.6 Å². The minimum absolute atomic E-state index is 0.601. The van der Waals surface area contributed by atoms with Crippen LogP contribution in [0, 0.1) is 5.92 Å². The molecule has 1 aromatic carbocycles. The second-order valence-corrected chi connectivity index (χ2v) is 5.75. The molecule has 0 saturated carbocycles. The Bertz CT molecular complexity index is 394. The standard InChI is InChI=1S/C15H21N/c1-10(2)8-14-13-5-3-4-11-6-7-12(9-16-14)15(11)13/h3-5,10,12,14,16H,6-9H2,1-2H3. The van der Waals surface area contributed by atoms with E-state index < -0.39 is 0 Å². The first-order valence-electron chi connectivity index (χ1n) is 6.60. The highest BCUT2D eigenvalue weighted by Gasteiger charge is 2.32. The molecule has 0 fully saturated rings. The minimum atomic E-state index is 0.601. The van der Waals surface area contributed by atoms with E-state index in [-0.39, 0.29) is 0 Å². The topological polar surface area (TPSA) is 12.0 Å². The second kappa shape index (κ2) is 3.89. The number of benzene rings is 1. The maximum Gasteiger partial charge on any atom is 0.0325 e. The number of rotatable bonds is 2. The molecule has 0 aromatic heterocycles. The van der Waals surface area contributed by atoms with Crippen LogP contribution in [0.1, 0.15) is 55.3 Å². The Morgan fingerprint density at radius 1 is 1.38 bits per heavy atom. The summed E-state index contributed by atoms with van der Waals surface area (Å²) in [5, 5.41) is 3.74. The van der Waals surface area contributed by atoms with Gasteiger partial charge >= 0.3 is 0 Å². The van der Waals surface area contributed by atoms with Crippen molar-refractivity contribution in [3.63, 3.8) is 0 Å². The SMILES string of the molecule is CC(C)CC1NCC2CCc3cccc1c32. The predicted octanol–water partition coefficient (Wildman–Crippen LogP) is 3.41. The summed E-state index contributed by atoms with van der Waals surface area (Å²) in [5.74, 6) is 1.57. The van der Waals surface area contributed by atoms with E-state index in [1.807, 2.05) is 0 Å². The zero-order chi connectivity index (χ0) is 11.1. The van der Waals surface area contributed by atoms with Gasteiger partial charge in [-0.05, 0) is 47.8 Å². The van der Waals surface area contributed by atoms with Crippen LogP contribution < -0.4 is 5.32 Å². The van der Waals surface area contributed by atoms with Gasteiger partial charge in [0.05, 0.1) is 0 Å². The van der Waals surface area contributed by atoms with Crippen LogP contribution in [0.3, 0.4) is 0 Å². The van der Waals surface area contributed by atoms with Crippen LogP contribution >= 0.6 is 0 Å². The molecule has 1 N–H and O–H groups in total. The molecule has 1 heterocycles. The molecule has 3 rings (SSSR count). The highest BCUT2D eigenvalue weighted by molar-refractivity contribution is 5.45. The molecule has 0 amide bonds. The molecule has 1 aliphatic heterocycles. The maximum atomic E-state index is 3.74. The van der Waals surface area contributed by atoms with Crippen molar-refractivity contribution in [3.05, 3.63) is 34.9 Å². The van der Waals surface area contributed by atoms with Gasteiger partial charge in [-0.1, -0.05) is 32.0 Å². The van der Waals surface area contributed by atoms with Gasteiger partial charge in [-0.25, -0.2) is 0 Å². The lowest BCUT2D eigenvalue weighted by Gasteiger charge is -2.31. The summed E-state index contributed by atoms with van der Waals surface area (Å²) in [5.41, 5.74) is 4.92. The third-order valence-corrected chi connectivity index (χ3v) is 4.09. The molecule has 86 valence electrons. The van der Waals surface area contributed by atoms with Gasteiger partial charge < -0.3 is 5.32 Å². The summed E-state index contributed by atoms with van der Waals surface area (Å²) in [6.45, 7) is 5.83. The Hall–Kier alpha value is -0.820. The first-order valence-corrected chi connectivity index (χ1v) is 6.60. The van der Waals surface area contributed by atoms with Crippen LogP contribution in [0.4, 0.5) is 0 Å². The van der Waals surface area contributed by atoms with Crippen molar-refractivity contribution >= 4 is 0 Å². The van der Waals surface area contributed by atoms with Crippen molar-refractivity contribution < 1.29 is 0 Å². The molecule has 0 spiro atoms. The molecular weight excluding hydrogens is 194 g/mol. The first kappa shape index (κ1) is 10.3. The molecule has 0 radical (unpaired) electrons.